The molecule has 8 nitrogen and oxygen atoms in total. The number of ether oxygens (including phenoxy) is 5. The molecule has 2 atom stereocenters. The first-order valence-electron chi connectivity index (χ1n) is 9.36. The summed E-state index contributed by atoms with van der Waals surface area (Å²) in [5.74, 6) is 0.963. The molecular formula is C23H31NO7. The zero-order chi connectivity index (χ0) is 22.3. The summed E-state index contributed by atoms with van der Waals surface area (Å²) < 4.78 is 26.8. The second kappa shape index (κ2) is 11.7. The lowest BCUT2D eigenvalue weighted by Crippen LogP contribution is -2.17. The number of methoxy groups -OCH3 is 4. The molecule has 31 heavy (non-hydrogen) atoms. The van der Waals surface area contributed by atoms with Crippen LogP contribution in [-0.2, 0) is 9.53 Å². The molecule has 0 heterocycles. The number of esters is 1. The van der Waals surface area contributed by atoms with Gasteiger partial charge in [-0.15, -0.1) is 0 Å². The Hall–Kier alpha value is -3.39. The molecule has 0 aliphatic carbocycles. The quantitative estimate of drug-likeness (QED) is 0.423. The number of phenolic OH excluding ortho intramolecular Hbond substituents is 1. The van der Waals surface area contributed by atoms with Crippen LogP contribution in [0.4, 0.5) is 0 Å². The Balaban J connectivity index is 0.00000480. The summed E-state index contributed by atoms with van der Waals surface area (Å²) in [6.45, 7) is 5.52. The minimum Gasteiger partial charge on any atom is -0.504 e. The van der Waals surface area contributed by atoms with Crippen molar-refractivity contribution in [2.24, 2.45) is 0 Å². The molecule has 8 heteroatoms. The summed E-state index contributed by atoms with van der Waals surface area (Å²) in [5.41, 5.74) is 1.67. The Labute approximate surface area is 182 Å². The van der Waals surface area contributed by atoms with Crippen LogP contribution in [0, 0.1) is 0 Å². The zero-order valence-corrected chi connectivity index (χ0v) is 18.6. The van der Waals surface area contributed by atoms with Crippen LogP contribution in [0.3, 0.4) is 0 Å². The van der Waals surface area contributed by atoms with Crippen molar-refractivity contribution < 1.29 is 33.6 Å². The standard InChI is InChI=1S/C23H28O7.H3N/c1-7-22(25)30-13-17(14(2)15-8-9-19(26-3)18(24)10-15)16-11-20(27-4)23(29-6)21(12-16)28-5;/h7-12,14,17,24H,1,13H2,2-6H3;1H3. The highest BCUT2D eigenvalue weighted by molar-refractivity contribution is 5.81. The SMILES string of the molecule is C=CC(=O)OCC(c1cc(OC)c(OC)c(OC)c1)C(C)c1ccc(OC)c(O)c1.N. The molecule has 2 unspecified atom stereocenters. The van der Waals surface area contributed by atoms with E-state index >= 15 is 0 Å². The fraction of sp³-hybridized carbons (Fsp3) is 0.348. The Morgan fingerprint density at radius 2 is 1.55 bits per heavy atom. The van der Waals surface area contributed by atoms with Crippen molar-refractivity contribution in [3.63, 3.8) is 0 Å². The van der Waals surface area contributed by atoms with Gasteiger partial charge in [0.05, 0.1) is 35.0 Å². The predicted molar refractivity (Wildman–Crippen MR) is 118 cm³/mol. The summed E-state index contributed by atoms with van der Waals surface area (Å²) in [4.78, 5) is 11.7. The molecule has 170 valence electrons. The lowest BCUT2D eigenvalue weighted by molar-refractivity contribution is -0.138. The number of hydrogen-bond donors (Lipinski definition) is 2. The molecule has 0 saturated carbocycles. The summed E-state index contributed by atoms with van der Waals surface area (Å²) >= 11 is 0. The van der Waals surface area contributed by atoms with Gasteiger partial charge in [-0.25, -0.2) is 4.79 Å². The fourth-order valence-corrected chi connectivity index (χ4v) is 3.30. The number of rotatable bonds is 10. The van der Waals surface area contributed by atoms with Gasteiger partial charge in [-0.3, -0.25) is 0 Å². The lowest BCUT2D eigenvalue weighted by Gasteiger charge is -2.26. The van der Waals surface area contributed by atoms with Gasteiger partial charge in [0.2, 0.25) is 5.75 Å². The van der Waals surface area contributed by atoms with Gasteiger partial charge in [-0.05, 0) is 41.3 Å². The van der Waals surface area contributed by atoms with Crippen LogP contribution in [0.25, 0.3) is 0 Å². The Kier molecular flexibility index (Phi) is 9.69. The van der Waals surface area contributed by atoms with Gasteiger partial charge < -0.3 is 34.9 Å². The number of aromatic hydroxyl groups is 1. The number of carbonyl (C=O) groups excluding carboxylic acids is 1. The van der Waals surface area contributed by atoms with E-state index in [0.717, 1.165) is 17.2 Å². The smallest absolute Gasteiger partial charge is 0.330 e. The summed E-state index contributed by atoms with van der Waals surface area (Å²) in [5, 5.41) is 10.2. The van der Waals surface area contributed by atoms with E-state index in [9.17, 15) is 9.90 Å². The number of carbonyl (C=O) groups is 1. The zero-order valence-electron chi connectivity index (χ0n) is 18.6. The number of benzene rings is 2. The van der Waals surface area contributed by atoms with Gasteiger partial charge in [0.1, 0.15) is 0 Å². The first kappa shape index (κ1) is 25.6. The largest absolute Gasteiger partial charge is 0.504 e. The van der Waals surface area contributed by atoms with Crippen LogP contribution in [0.1, 0.15) is 29.9 Å². The predicted octanol–water partition coefficient (Wildman–Crippen LogP) is 4.21. The van der Waals surface area contributed by atoms with Crippen molar-refractivity contribution in [1.29, 1.82) is 0 Å². The van der Waals surface area contributed by atoms with Gasteiger partial charge in [-0.1, -0.05) is 19.6 Å². The van der Waals surface area contributed by atoms with Crippen LogP contribution >= 0.6 is 0 Å². The maximum absolute atomic E-state index is 11.7. The lowest BCUT2D eigenvalue weighted by atomic mass is 9.82. The molecule has 0 radical (unpaired) electrons. The molecule has 0 saturated heterocycles. The molecule has 2 aromatic carbocycles. The van der Waals surface area contributed by atoms with Gasteiger partial charge in [0, 0.05) is 12.0 Å². The minimum absolute atomic E-state index is 0. The highest BCUT2D eigenvalue weighted by atomic mass is 16.5. The third-order valence-corrected chi connectivity index (χ3v) is 5.02. The molecule has 4 N–H and O–H groups in total. The molecule has 0 fully saturated rings. The maximum atomic E-state index is 11.7. The molecule has 0 bridgehead atoms. The molecule has 2 rings (SSSR count). The van der Waals surface area contributed by atoms with Crippen molar-refractivity contribution in [1.82, 2.24) is 6.15 Å². The Bertz CT molecular complexity index is 872. The Morgan fingerprint density at radius 1 is 0.968 bits per heavy atom. The first-order valence-corrected chi connectivity index (χ1v) is 9.36. The monoisotopic (exact) mass is 433 g/mol. The topological polar surface area (TPSA) is 118 Å². The first-order chi connectivity index (χ1) is 14.4. The Morgan fingerprint density at radius 3 is 2.00 bits per heavy atom. The van der Waals surface area contributed by atoms with E-state index in [4.69, 9.17) is 23.7 Å². The second-order valence-electron chi connectivity index (χ2n) is 6.62. The fourth-order valence-electron chi connectivity index (χ4n) is 3.30. The summed E-state index contributed by atoms with van der Waals surface area (Å²) in [6, 6.07) is 8.86. The number of hydrogen-bond acceptors (Lipinski definition) is 8. The van der Waals surface area contributed by atoms with Gasteiger partial charge in [-0.2, -0.15) is 0 Å². The van der Waals surface area contributed by atoms with E-state index < -0.39 is 5.97 Å². The molecule has 0 amide bonds. The van der Waals surface area contributed by atoms with Crippen LogP contribution in [0.5, 0.6) is 28.7 Å². The molecule has 0 aromatic heterocycles. The minimum atomic E-state index is -0.516. The van der Waals surface area contributed by atoms with E-state index in [2.05, 4.69) is 6.58 Å². The summed E-state index contributed by atoms with van der Waals surface area (Å²) in [7, 11) is 6.11. The number of phenols is 1. The van der Waals surface area contributed by atoms with Crippen LogP contribution in [0.15, 0.2) is 43.0 Å². The van der Waals surface area contributed by atoms with Gasteiger partial charge in [0.15, 0.2) is 23.0 Å². The average Bonchev–Trinajstić information content (AvgIpc) is 2.77. The normalized spacial score (nSPS) is 12.0. The van der Waals surface area contributed by atoms with Crippen molar-refractivity contribution in [2.45, 2.75) is 18.8 Å². The highest BCUT2D eigenvalue weighted by Crippen LogP contribution is 2.44. The van der Waals surface area contributed by atoms with Crippen LogP contribution < -0.4 is 25.1 Å². The van der Waals surface area contributed by atoms with E-state index in [0.29, 0.717) is 23.0 Å². The van der Waals surface area contributed by atoms with Crippen molar-refractivity contribution >= 4 is 5.97 Å². The maximum Gasteiger partial charge on any atom is 0.330 e. The van der Waals surface area contributed by atoms with E-state index in [1.54, 1.807) is 26.4 Å². The van der Waals surface area contributed by atoms with Crippen LogP contribution in [0.2, 0.25) is 0 Å². The third kappa shape index (κ3) is 5.82. The van der Waals surface area contributed by atoms with E-state index in [-0.39, 0.29) is 30.3 Å². The van der Waals surface area contributed by atoms with Gasteiger partial charge >= 0.3 is 5.97 Å². The van der Waals surface area contributed by atoms with E-state index in [1.807, 2.05) is 25.1 Å². The van der Waals surface area contributed by atoms with Crippen molar-refractivity contribution in [3.8, 4) is 28.7 Å². The molecule has 0 aliphatic rings. The van der Waals surface area contributed by atoms with Gasteiger partial charge in [0.25, 0.3) is 0 Å². The molecule has 2 aromatic rings. The summed E-state index contributed by atoms with van der Waals surface area (Å²) in [6.07, 6.45) is 1.12. The van der Waals surface area contributed by atoms with Crippen molar-refractivity contribution in [2.75, 3.05) is 35.0 Å². The van der Waals surface area contributed by atoms with Crippen LogP contribution in [-0.4, -0.2) is 46.1 Å². The second-order valence-corrected chi connectivity index (χ2v) is 6.62. The molecule has 0 aliphatic heterocycles. The highest BCUT2D eigenvalue weighted by Gasteiger charge is 2.26. The average molecular weight is 434 g/mol. The van der Waals surface area contributed by atoms with E-state index in [1.165, 1.54) is 14.2 Å². The molecule has 0 spiro atoms. The molecular weight excluding hydrogens is 402 g/mol. The van der Waals surface area contributed by atoms with Crippen molar-refractivity contribution in [3.05, 3.63) is 54.1 Å². The third-order valence-electron chi connectivity index (χ3n) is 5.02.